The summed E-state index contributed by atoms with van der Waals surface area (Å²) in [7, 11) is 0. The summed E-state index contributed by atoms with van der Waals surface area (Å²) in [6.45, 7) is 7.01. The fourth-order valence-electron chi connectivity index (χ4n) is 7.01. The molecule has 0 saturated heterocycles. The van der Waals surface area contributed by atoms with E-state index in [0.717, 1.165) is 25.7 Å². The SMILES string of the molecule is CC(=O)O.CC(=O)O.CC1C2=C(CCC[CH-]2)C2=C1CCCC2.CC1C2=C(CCC[CH-]2)C2=C1CCCC2.[Cl-].[Cl-].[Ti].[Ti]. The largest absolute Gasteiger partial charge is 1.00 e. The van der Waals surface area contributed by atoms with Crippen LogP contribution in [0.5, 0.6) is 0 Å². The van der Waals surface area contributed by atoms with Crippen molar-refractivity contribution < 1.29 is 88.1 Å². The second-order valence-electron chi connectivity index (χ2n) is 11.0. The minimum Gasteiger partial charge on any atom is -1.00 e. The van der Waals surface area contributed by atoms with Crippen molar-refractivity contribution in [3.63, 3.8) is 0 Å². The van der Waals surface area contributed by atoms with E-state index < -0.39 is 11.9 Å². The first-order valence-corrected chi connectivity index (χ1v) is 14.2. The molecule has 0 spiro atoms. The van der Waals surface area contributed by atoms with Crippen LogP contribution >= 0.6 is 0 Å². The van der Waals surface area contributed by atoms with Crippen LogP contribution in [0.25, 0.3) is 0 Å². The van der Waals surface area contributed by atoms with Gasteiger partial charge in [-0.1, -0.05) is 63.5 Å². The monoisotopic (exact) mass is 660 g/mol. The van der Waals surface area contributed by atoms with Gasteiger partial charge in [-0.25, -0.2) is 24.0 Å². The minimum absolute atomic E-state index is 0. The third-order valence-corrected chi connectivity index (χ3v) is 8.42. The average molecular weight is 661 g/mol. The normalized spacial score (nSPS) is 23.2. The summed E-state index contributed by atoms with van der Waals surface area (Å²) >= 11 is 0. The predicted molar refractivity (Wildman–Crippen MR) is 146 cm³/mol. The Hall–Kier alpha value is -0.351. The van der Waals surface area contributed by atoms with Gasteiger partial charge in [-0.2, -0.15) is 11.1 Å². The van der Waals surface area contributed by atoms with Crippen LogP contribution in [0.15, 0.2) is 44.6 Å². The zero-order valence-electron chi connectivity index (χ0n) is 24.7. The standard InChI is InChI=1S/2C14H19.2C2H4O2.2ClH.2Ti/c2*1-10-11-6-2-4-8-13(11)14-9-5-3-7-12(10)14;2*1-2(3)4;;;;/h2*6,10H,2-5,7-9H2,1H3;2*1H3,(H,3,4);2*1H;;/q2*-1;;;;;;/p-2. The molecule has 224 valence electrons. The molecular weight excluding hydrogens is 615 g/mol. The van der Waals surface area contributed by atoms with Gasteiger partial charge in [0.25, 0.3) is 11.9 Å². The molecule has 0 heterocycles. The number of carboxylic acids is 2. The van der Waals surface area contributed by atoms with Crippen molar-refractivity contribution in [3.05, 3.63) is 57.4 Å². The van der Waals surface area contributed by atoms with Gasteiger partial charge in [0.15, 0.2) is 0 Å². The van der Waals surface area contributed by atoms with Gasteiger partial charge in [0.2, 0.25) is 0 Å². The van der Waals surface area contributed by atoms with Crippen molar-refractivity contribution in [2.24, 2.45) is 11.8 Å². The summed E-state index contributed by atoms with van der Waals surface area (Å²) < 4.78 is 0. The molecular formula is C32H46Cl2O4Ti2-4. The maximum Gasteiger partial charge on any atom is 0.300 e. The Morgan fingerprint density at radius 3 is 1.18 bits per heavy atom. The van der Waals surface area contributed by atoms with Gasteiger partial charge >= 0.3 is 0 Å². The van der Waals surface area contributed by atoms with Crippen molar-refractivity contribution in [1.29, 1.82) is 0 Å². The van der Waals surface area contributed by atoms with Gasteiger partial charge in [0, 0.05) is 57.3 Å². The molecule has 0 aromatic carbocycles. The fourth-order valence-corrected chi connectivity index (χ4v) is 7.01. The summed E-state index contributed by atoms with van der Waals surface area (Å²) in [5, 5.41) is 14.8. The molecule has 0 aliphatic heterocycles. The van der Waals surface area contributed by atoms with E-state index in [9.17, 15) is 0 Å². The fraction of sp³-hybridized carbons (Fsp3) is 0.625. The summed E-state index contributed by atoms with van der Waals surface area (Å²) in [5.41, 5.74) is 14.1. The van der Waals surface area contributed by atoms with E-state index in [1.54, 1.807) is 44.6 Å². The first kappa shape index (κ1) is 41.8. The van der Waals surface area contributed by atoms with Gasteiger partial charge in [-0.05, 0) is 50.4 Å². The van der Waals surface area contributed by atoms with Gasteiger partial charge in [0.1, 0.15) is 0 Å². The minimum atomic E-state index is -0.833. The zero-order valence-corrected chi connectivity index (χ0v) is 29.3. The second kappa shape index (κ2) is 20.5. The molecule has 0 bridgehead atoms. The number of allylic oxidation sites excluding steroid dienone is 8. The van der Waals surface area contributed by atoms with Gasteiger partial charge in [0.05, 0.1) is 0 Å². The molecule has 0 aromatic rings. The maximum atomic E-state index is 9.00. The third-order valence-electron chi connectivity index (χ3n) is 8.42. The summed E-state index contributed by atoms with van der Waals surface area (Å²) in [6, 6.07) is 0. The number of hydrogen-bond donors (Lipinski definition) is 2. The van der Waals surface area contributed by atoms with E-state index in [1.807, 2.05) is 0 Å². The molecule has 2 unspecified atom stereocenters. The molecule has 4 nitrogen and oxygen atoms in total. The zero-order chi connectivity index (χ0) is 26.2. The van der Waals surface area contributed by atoms with E-state index >= 15 is 0 Å². The molecule has 6 aliphatic carbocycles. The Morgan fingerprint density at radius 1 is 0.575 bits per heavy atom. The Kier molecular flexibility index (Phi) is 21.5. The molecule has 6 rings (SSSR count). The van der Waals surface area contributed by atoms with E-state index in [-0.39, 0.29) is 68.2 Å². The maximum absolute atomic E-state index is 9.00. The molecule has 0 fully saturated rings. The second-order valence-corrected chi connectivity index (χ2v) is 11.0. The summed E-state index contributed by atoms with van der Waals surface area (Å²) in [5.74, 6) is -0.110. The number of fused-ring (bicyclic) bond motifs is 2. The third kappa shape index (κ3) is 11.0. The number of aliphatic carboxylic acids is 2. The molecule has 0 amide bonds. The molecule has 0 radical (unpaired) electrons. The van der Waals surface area contributed by atoms with E-state index in [4.69, 9.17) is 19.8 Å². The van der Waals surface area contributed by atoms with Crippen LogP contribution in [0, 0.1) is 24.7 Å². The number of halogens is 2. The van der Waals surface area contributed by atoms with Gasteiger partial charge in [-0.3, -0.25) is 9.59 Å². The molecule has 0 saturated carbocycles. The molecule has 40 heavy (non-hydrogen) atoms. The Balaban J connectivity index is 0. The smallest absolute Gasteiger partial charge is 0.300 e. The van der Waals surface area contributed by atoms with Crippen LogP contribution in [0.4, 0.5) is 0 Å². The van der Waals surface area contributed by atoms with Crippen LogP contribution in [0.1, 0.15) is 118 Å². The number of rotatable bonds is 0. The van der Waals surface area contributed by atoms with Crippen molar-refractivity contribution in [3.8, 4) is 0 Å². The van der Waals surface area contributed by atoms with Gasteiger partial charge < -0.3 is 35.0 Å². The van der Waals surface area contributed by atoms with Crippen LogP contribution in [0.3, 0.4) is 0 Å². The quantitative estimate of drug-likeness (QED) is 0.310. The topological polar surface area (TPSA) is 74.6 Å². The van der Waals surface area contributed by atoms with Crippen LogP contribution in [-0.2, 0) is 53.0 Å². The molecule has 2 atom stereocenters. The number of carboxylic acid groups (broad SMARTS) is 2. The predicted octanol–water partition coefficient (Wildman–Crippen LogP) is 2.57. The van der Waals surface area contributed by atoms with Gasteiger partial charge in [-0.15, -0.1) is 24.0 Å². The number of carbonyl (C=O) groups is 2. The van der Waals surface area contributed by atoms with Crippen molar-refractivity contribution in [1.82, 2.24) is 0 Å². The summed E-state index contributed by atoms with van der Waals surface area (Å²) in [4.78, 5) is 18.0. The Bertz CT molecular complexity index is 831. The summed E-state index contributed by atoms with van der Waals surface area (Å²) in [6.07, 6.45) is 24.5. The van der Waals surface area contributed by atoms with Crippen LogP contribution in [-0.4, -0.2) is 22.2 Å². The van der Waals surface area contributed by atoms with E-state index in [0.29, 0.717) is 0 Å². The first-order chi connectivity index (χ1) is 17.2. The van der Waals surface area contributed by atoms with Crippen molar-refractivity contribution >= 4 is 11.9 Å². The van der Waals surface area contributed by atoms with E-state index in [2.05, 4.69) is 26.7 Å². The van der Waals surface area contributed by atoms with Crippen LogP contribution < -0.4 is 24.8 Å². The average Bonchev–Trinajstić information content (AvgIpc) is 3.32. The van der Waals surface area contributed by atoms with E-state index in [1.165, 1.54) is 89.9 Å². The van der Waals surface area contributed by atoms with Crippen molar-refractivity contribution in [2.45, 2.75) is 118 Å². The molecule has 2 N–H and O–H groups in total. The Morgan fingerprint density at radius 2 is 0.850 bits per heavy atom. The first-order valence-electron chi connectivity index (χ1n) is 14.2. The van der Waals surface area contributed by atoms with Crippen molar-refractivity contribution in [2.75, 3.05) is 0 Å². The molecule has 8 heteroatoms. The molecule has 0 aromatic heterocycles. The molecule has 6 aliphatic rings. The Labute approximate surface area is 285 Å². The van der Waals surface area contributed by atoms with Crippen LogP contribution in [0.2, 0.25) is 0 Å². The number of hydrogen-bond acceptors (Lipinski definition) is 2.